The lowest BCUT2D eigenvalue weighted by molar-refractivity contribution is -0.874. The summed E-state index contributed by atoms with van der Waals surface area (Å²) in [5.74, 6) is 0.497. The molecule has 29 heavy (non-hydrogen) atoms. The fraction of sp³-hybridized carbons (Fsp3) is 0.435. The molecule has 0 bridgehead atoms. The van der Waals surface area contributed by atoms with E-state index < -0.39 is 6.09 Å². The van der Waals surface area contributed by atoms with Gasteiger partial charge in [0.05, 0.1) is 19.0 Å². The van der Waals surface area contributed by atoms with E-state index in [2.05, 4.69) is 24.1 Å². The van der Waals surface area contributed by atoms with E-state index >= 15 is 0 Å². The first-order chi connectivity index (χ1) is 13.8. The first-order valence-electron chi connectivity index (χ1n) is 10.3. The quantitative estimate of drug-likeness (QED) is 0.605. The maximum atomic E-state index is 13.0. The molecule has 1 N–H and O–H groups in total. The average Bonchev–Trinajstić information content (AvgIpc) is 3.05. The summed E-state index contributed by atoms with van der Waals surface area (Å²) in [6.07, 6.45) is 2.06. The monoisotopic (exact) mass is 395 g/mol. The van der Waals surface area contributed by atoms with Crippen LogP contribution in [0.4, 0.5) is 16.2 Å². The molecule has 1 fully saturated rings. The summed E-state index contributed by atoms with van der Waals surface area (Å²) < 4.78 is 5.33. The number of para-hydroxylation sites is 1. The van der Waals surface area contributed by atoms with Gasteiger partial charge < -0.3 is 19.5 Å². The van der Waals surface area contributed by atoms with Crippen LogP contribution in [0.5, 0.6) is 5.75 Å². The van der Waals surface area contributed by atoms with E-state index in [4.69, 9.17) is 4.74 Å². The molecule has 0 aliphatic carbocycles. The molecule has 6 nitrogen and oxygen atoms in total. The molecule has 2 aliphatic heterocycles. The number of quaternary nitrogens is 1. The number of aryl methyl sites for hydroxylation is 1. The molecule has 1 saturated heterocycles. The van der Waals surface area contributed by atoms with Crippen molar-refractivity contribution in [3.63, 3.8) is 0 Å². The van der Waals surface area contributed by atoms with Gasteiger partial charge in [0.15, 0.2) is 6.17 Å². The normalized spacial score (nSPS) is 27.5. The van der Waals surface area contributed by atoms with Crippen LogP contribution in [0.15, 0.2) is 42.5 Å². The number of carbonyl (C=O) groups excluding carboxylic acids is 1. The molecule has 1 unspecified atom stereocenters. The summed E-state index contributed by atoms with van der Waals surface area (Å²) in [5, 5.41) is 15.8. The van der Waals surface area contributed by atoms with E-state index in [-0.39, 0.29) is 16.2 Å². The summed E-state index contributed by atoms with van der Waals surface area (Å²) in [7, 11) is 3.73. The lowest BCUT2D eigenvalue weighted by atomic mass is 9.81. The highest BCUT2D eigenvalue weighted by Crippen LogP contribution is 2.54. The molecule has 1 amide bonds. The highest BCUT2D eigenvalue weighted by atomic mass is 16.6. The molecule has 4 rings (SSSR count). The maximum Gasteiger partial charge on any atom is 0.417 e. The number of fused-ring (bicyclic) bond motifs is 3. The second-order valence-electron chi connectivity index (χ2n) is 8.65. The van der Waals surface area contributed by atoms with Crippen molar-refractivity contribution in [1.82, 2.24) is 0 Å². The molecule has 2 aliphatic rings. The second kappa shape index (κ2) is 7.04. The van der Waals surface area contributed by atoms with Crippen LogP contribution in [-0.4, -0.2) is 37.5 Å². The zero-order valence-electron chi connectivity index (χ0n) is 17.6. The molecule has 2 aromatic rings. The minimum atomic E-state index is -0.502. The Morgan fingerprint density at radius 2 is 2.10 bits per heavy atom. The van der Waals surface area contributed by atoms with Crippen molar-refractivity contribution >= 4 is 17.5 Å². The van der Waals surface area contributed by atoms with Gasteiger partial charge >= 0.3 is 6.09 Å². The number of hydrogen-bond donors (Lipinski definition) is 1. The van der Waals surface area contributed by atoms with Gasteiger partial charge in [-0.15, -0.1) is 0 Å². The van der Waals surface area contributed by atoms with E-state index in [0.29, 0.717) is 12.3 Å². The van der Waals surface area contributed by atoms with E-state index in [9.17, 15) is 10.0 Å². The van der Waals surface area contributed by atoms with Crippen LogP contribution in [0.1, 0.15) is 37.8 Å². The SMILES string of the molecule is CCCc1ccccc1NC(=O)Oc1ccc2c(c1)[C@]1(C)CC[N+](C)([O-])[C@@H]1N2C. The van der Waals surface area contributed by atoms with Crippen molar-refractivity contribution in [3.05, 3.63) is 58.8 Å². The number of hydrogen-bond acceptors (Lipinski definition) is 4. The first kappa shape index (κ1) is 19.7. The van der Waals surface area contributed by atoms with Gasteiger partial charge in [-0.3, -0.25) is 5.32 Å². The molecule has 0 saturated carbocycles. The maximum absolute atomic E-state index is 13.0. The van der Waals surface area contributed by atoms with Crippen molar-refractivity contribution in [3.8, 4) is 5.75 Å². The Morgan fingerprint density at radius 3 is 2.86 bits per heavy atom. The lowest BCUT2D eigenvalue weighted by Crippen LogP contribution is -2.54. The van der Waals surface area contributed by atoms with Crippen molar-refractivity contribution in [2.75, 3.05) is 30.9 Å². The van der Waals surface area contributed by atoms with Gasteiger partial charge in [0.1, 0.15) is 5.75 Å². The van der Waals surface area contributed by atoms with Gasteiger partial charge in [0, 0.05) is 24.8 Å². The van der Waals surface area contributed by atoms with Crippen molar-refractivity contribution in [1.29, 1.82) is 0 Å². The number of benzene rings is 2. The highest BCUT2D eigenvalue weighted by Gasteiger charge is 2.58. The number of likely N-dealkylation sites (tertiary alicyclic amines) is 1. The molecule has 0 radical (unpaired) electrons. The predicted molar refractivity (Wildman–Crippen MR) is 115 cm³/mol. The average molecular weight is 396 g/mol. The third-order valence-corrected chi connectivity index (χ3v) is 6.48. The second-order valence-corrected chi connectivity index (χ2v) is 8.65. The smallest absolute Gasteiger partial charge is 0.417 e. The van der Waals surface area contributed by atoms with E-state index in [0.717, 1.165) is 41.8 Å². The number of nitrogens with zero attached hydrogens (tertiary/aromatic N) is 2. The Kier molecular flexibility index (Phi) is 4.79. The van der Waals surface area contributed by atoms with Crippen LogP contribution < -0.4 is 15.0 Å². The van der Waals surface area contributed by atoms with Gasteiger partial charge in [0.2, 0.25) is 0 Å². The van der Waals surface area contributed by atoms with Crippen molar-refractivity contribution in [2.45, 2.75) is 44.7 Å². The van der Waals surface area contributed by atoms with Gasteiger partial charge in [-0.25, -0.2) is 4.79 Å². The number of ether oxygens (including phenoxy) is 1. The molecule has 2 heterocycles. The number of anilines is 2. The molecule has 2 aromatic carbocycles. The van der Waals surface area contributed by atoms with Gasteiger partial charge in [-0.2, -0.15) is 0 Å². The Morgan fingerprint density at radius 1 is 1.34 bits per heavy atom. The number of rotatable bonds is 4. The molecular weight excluding hydrogens is 366 g/mol. The topological polar surface area (TPSA) is 64.6 Å². The van der Waals surface area contributed by atoms with Crippen LogP contribution in [-0.2, 0) is 11.8 Å². The third-order valence-electron chi connectivity index (χ3n) is 6.48. The Labute approximate surface area is 172 Å². The Hall–Kier alpha value is -2.57. The summed E-state index contributed by atoms with van der Waals surface area (Å²) in [6.45, 7) is 4.84. The van der Waals surface area contributed by atoms with Crippen LogP contribution in [0.25, 0.3) is 0 Å². The van der Waals surface area contributed by atoms with Crippen LogP contribution >= 0.6 is 0 Å². The summed E-state index contributed by atoms with van der Waals surface area (Å²) in [5.41, 5.74) is 3.75. The van der Waals surface area contributed by atoms with E-state index in [1.54, 1.807) is 13.1 Å². The van der Waals surface area contributed by atoms with E-state index in [1.165, 1.54) is 0 Å². The zero-order valence-corrected chi connectivity index (χ0v) is 17.6. The fourth-order valence-corrected chi connectivity index (χ4v) is 5.22. The zero-order chi connectivity index (χ0) is 20.8. The summed E-state index contributed by atoms with van der Waals surface area (Å²) in [6, 6.07) is 13.5. The molecule has 6 heteroatoms. The largest absolute Gasteiger partial charge is 0.631 e. The summed E-state index contributed by atoms with van der Waals surface area (Å²) in [4.78, 5) is 14.6. The number of likely N-dealkylation sites (N-methyl/N-ethyl adjacent to an activating group) is 2. The van der Waals surface area contributed by atoms with Crippen molar-refractivity contribution < 1.29 is 14.2 Å². The standard InChI is InChI=1S/C23H29N3O3/c1-5-8-16-9-6-7-10-19(16)24-22(27)29-17-11-12-20-18(15-17)23(2)13-14-26(4,28)21(23)25(20)3/h6-7,9-12,15,21H,5,8,13-14H2,1-4H3,(H,24,27)/t21-,23-,26?/m0/s1. The summed E-state index contributed by atoms with van der Waals surface area (Å²) >= 11 is 0. The first-order valence-corrected chi connectivity index (χ1v) is 10.3. The third kappa shape index (κ3) is 3.26. The number of nitrogens with one attached hydrogen (secondary N) is 1. The molecule has 0 spiro atoms. The minimum Gasteiger partial charge on any atom is -0.631 e. The molecule has 0 aromatic heterocycles. The van der Waals surface area contributed by atoms with Gasteiger partial charge in [0.25, 0.3) is 0 Å². The van der Waals surface area contributed by atoms with Crippen LogP contribution in [0.3, 0.4) is 0 Å². The lowest BCUT2D eigenvalue weighted by Gasteiger charge is -2.44. The Bertz CT molecular complexity index is 943. The predicted octanol–water partition coefficient (Wildman–Crippen LogP) is 4.63. The van der Waals surface area contributed by atoms with Crippen LogP contribution in [0, 0.1) is 5.21 Å². The number of amides is 1. The Balaban J connectivity index is 1.55. The fourth-order valence-electron chi connectivity index (χ4n) is 5.22. The molecule has 154 valence electrons. The van der Waals surface area contributed by atoms with Crippen molar-refractivity contribution in [2.24, 2.45) is 0 Å². The number of hydroxylamine groups is 3. The number of carbonyl (C=O) groups is 1. The molecular formula is C23H29N3O3. The van der Waals surface area contributed by atoms with Gasteiger partial charge in [-0.1, -0.05) is 31.5 Å². The minimum absolute atomic E-state index is 0.150. The van der Waals surface area contributed by atoms with Crippen LogP contribution in [0.2, 0.25) is 0 Å². The van der Waals surface area contributed by atoms with E-state index in [1.807, 2.05) is 43.4 Å². The highest BCUT2D eigenvalue weighted by molar-refractivity contribution is 5.87. The molecule has 3 atom stereocenters. The van der Waals surface area contributed by atoms with Gasteiger partial charge in [-0.05, 0) is 48.7 Å².